The van der Waals surface area contributed by atoms with Crippen LogP contribution < -0.4 is 0 Å². The lowest BCUT2D eigenvalue weighted by molar-refractivity contribution is -0.135. The summed E-state index contributed by atoms with van der Waals surface area (Å²) in [6, 6.07) is 12.2. The molecule has 3 nitrogen and oxygen atoms in total. The fraction of sp³-hybridized carbons (Fsp3) is 0.467. The Bertz CT molecular complexity index is 469. The third kappa shape index (κ3) is 3.51. The van der Waals surface area contributed by atoms with Gasteiger partial charge in [-0.15, -0.1) is 0 Å². The summed E-state index contributed by atoms with van der Waals surface area (Å²) in [4.78, 5) is 14.3. The van der Waals surface area contributed by atoms with Gasteiger partial charge in [-0.3, -0.25) is 4.79 Å². The quantitative estimate of drug-likeness (QED) is 0.849. The molecule has 100 valence electrons. The topological polar surface area (TPSA) is 44.1 Å². The van der Waals surface area contributed by atoms with Gasteiger partial charge in [-0.1, -0.05) is 30.3 Å². The molecular weight excluding hydrogens is 256 g/mol. The summed E-state index contributed by atoms with van der Waals surface area (Å²) in [5, 5.41) is 9.27. The van der Waals surface area contributed by atoms with Crippen LogP contribution in [0.5, 0.6) is 0 Å². The zero-order chi connectivity index (χ0) is 13.7. The Morgan fingerprint density at radius 2 is 2.26 bits per heavy atom. The number of amides is 1. The van der Waals surface area contributed by atoms with Gasteiger partial charge < -0.3 is 4.90 Å². The van der Waals surface area contributed by atoms with E-state index in [0.29, 0.717) is 6.42 Å². The molecule has 0 N–H and O–H groups in total. The second kappa shape index (κ2) is 6.63. The highest BCUT2D eigenvalue weighted by molar-refractivity contribution is 7.99. The highest BCUT2D eigenvalue weighted by atomic mass is 32.2. The number of hydrogen-bond donors (Lipinski definition) is 0. The second-order valence-corrected chi connectivity index (χ2v) is 5.98. The van der Waals surface area contributed by atoms with Crippen LogP contribution >= 0.6 is 11.8 Å². The highest BCUT2D eigenvalue weighted by Gasteiger charge is 2.29. The molecule has 1 heterocycles. The summed E-state index contributed by atoms with van der Waals surface area (Å²) in [6.45, 7) is 2.82. The zero-order valence-electron chi connectivity index (χ0n) is 11.1. The standard InChI is InChI=1S/C15H18N2OS/c1-12-11-19-8-7-17(12)15(18)14(10-16)9-13-5-3-2-4-6-13/h2-6,12,14H,7-9,11H2,1H3. The molecule has 19 heavy (non-hydrogen) atoms. The van der Waals surface area contributed by atoms with E-state index in [9.17, 15) is 10.1 Å². The van der Waals surface area contributed by atoms with Crippen LogP contribution in [-0.2, 0) is 11.2 Å². The molecule has 1 amide bonds. The van der Waals surface area contributed by atoms with Crippen molar-refractivity contribution in [2.45, 2.75) is 19.4 Å². The predicted molar refractivity (Wildman–Crippen MR) is 77.7 cm³/mol. The molecule has 0 radical (unpaired) electrons. The molecule has 1 aromatic rings. The van der Waals surface area contributed by atoms with E-state index in [1.807, 2.05) is 47.0 Å². The monoisotopic (exact) mass is 274 g/mol. The molecule has 0 spiro atoms. The SMILES string of the molecule is CC1CSCCN1C(=O)C(C#N)Cc1ccccc1. The Balaban J connectivity index is 2.05. The minimum Gasteiger partial charge on any atom is -0.337 e. The molecule has 1 saturated heterocycles. The summed E-state index contributed by atoms with van der Waals surface area (Å²) < 4.78 is 0. The summed E-state index contributed by atoms with van der Waals surface area (Å²) in [7, 11) is 0. The maximum Gasteiger partial charge on any atom is 0.240 e. The van der Waals surface area contributed by atoms with Crippen molar-refractivity contribution in [3.63, 3.8) is 0 Å². The molecular formula is C15H18N2OS. The lowest BCUT2D eigenvalue weighted by atomic mass is 9.98. The van der Waals surface area contributed by atoms with Crippen LogP contribution in [0, 0.1) is 17.2 Å². The van der Waals surface area contributed by atoms with Crippen molar-refractivity contribution in [3.8, 4) is 6.07 Å². The van der Waals surface area contributed by atoms with Crippen LogP contribution in [0.15, 0.2) is 30.3 Å². The lowest BCUT2D eigenvalue weighted by Gasteiger charge is -2.34. The lowest BCUT2D eigenvalue weighted by Crippen LogP contribution is -2.47. The molecule has 0 aliphatic carbocycles. The average molecular weight is 274 g/mol. The first-order valence-electron chi connectivity index (χ1n) is 6.54. The van der Waals surface area contributed by atoms with E-state index in [1.165, 1.54) is 0 Å². The van der Waals surface area contributed by atoms with E-state index in [0.717, 1.165) is 23.6 Å². The third-order valence-electron chi connectivity index (χ3n) is 3.39. The fourth-order valence-corrected chi connectivity index (χ4v) is 3.31. The van der Waals surface area contributed by atoms with Crippen LogP contribution in [0.25, 0.3) is 0 Å². The maximum absolute atomic E-state index is 12.4. The molecule has 1 aliphatic heterocycles. The van der Waals surface area contributed by atoms with E-state index >= 15 is 0 Å². The van der Waals surface area contributed by atoms with Gasteiger partial charge in [0.2, 0.25) is 5.91 Å². The first kappa shape index (κ1) is 14.0. The molecule has 0 aromatic heterocycles. The molecule has 1 aromatic carbocycles. The van der Waals surface area contributed by atoms with Gasteiger partial charge in [-0.25, -0.2) is 0 Å². The van der Waals surface area contributed by atoms with Crippen LogP contribution in [-0.4, -0.2) is 34.9 Å². The minimum absolute atomic E-state index is 0.0147. The van der Waals surface area contributed by atoms with Gasteiger partial charge in [0.25, 0.3) is 0 Å². The van der Waals surface area contributed by atoms with Crippen molar-refractivity contribution >= 4 is 17.7 Å². The van der Waals surface area contributed by atoms with Crippen molar-refractivity contribution in [1.29, 1.82) is 5.26 Å². The molecule has 1 fully saturated rings. The highest BCUT2D eigenvalue weighted by Crippen LogP contribution is 2.20. The van der Waals surface area contributed by atoms with E-state index in [4.69, 9.17) is 0 Å². The average Bonchev–Trinajstić information content (AvgIpc) is 2.46. The van der Waals surface area contributed by atoms with Crippen LogP contribution in [0.3, 0.4) is 0 Å². The first-order chi connectivity index (χ1) is 9.22. The fourth-order valence-electron chi connectivity index (χ4n) is 2.29. The van der Waals surface area contributed by atoms with Gasteiger partial charge in [-0.2, -0.15) is 17.0 Å². The van der Waals surface area contributed by atoms with Crippen molar-refractivity contribution in [2.75, 3.05) is 18.1 Å². The summed E-state index contributed by atoms with van der Waals surface area (Å²) in [5.41, 5.74) is 1.04. The maximum atomic E-state index is 12.4. The van der Waals surface area contributed by atoms with Gasteiger partial charge in [0.15, 0.2) is 0 Å². The summed E-state index contributed by atoms with van der Waals surface area (Å²) >= 11 is 1.87. The molecule has 2 atom stereocenters. The van der Waals surface area contributed by atoms with Crippen LogP contribution in [0.2, 0.25) is 0 Å². The van der Waals surface area contributed by atoms with E-state index in [-0.39, 0.29) is 11.9 Å². The minimum atomic E-state index is -0.562. The number of rotatable bonds is 3. The van der Waals surface area contributed by atoms with E-state index in [2.05, 4.69) is 13.0 Å². The van der Waals surface area contributed by atoms with Gasteiger partial charge in [0, 0.05) is 24.1 Å². The zero-order valence-corrected chi connectivity index (χ0v) is 11.9. The normalized spacial score (nSPS) is 20.6. The Kier molecular flexibility index (Phi) is 4.86. The molecule has 2 unspecified atom stereocenters. The largest absolute Gasteiger partial charge is 0.337 e. The van der Waals surface area contributed by atoms with Crippen molar-refractivity contribution in [2.24, 2.45) is 5.92 Å². The Morgan fingerprint density at radius 1 is 1.53 bits per heavy atom. The molecule has 0 saturated carbocycles. The number of hydrogen-bond acceptors (Lipinski definition) is 3. The van der Waals surface area contributed by atoms with Crippen molar-refractivity contribution < 1.29 is 4.79 Å². The third-order valence-corrected chi connectivity index (χ3v) is 4.58. The van der Waals surface area contributed by atoms with E-state index in [1.54, 1.807) is 0 Å². The first-order valence-corrected chi connectivity index (χ1v) is 7.69. The molecule has 4 heteroatoms. The number of carbonyl (C=O) groups excluding carboxylic acids is 1. The number of nitrogens with zero attached hydrogens (tertiary/aromatic N) is 2. The number of nitriles is 1. The molecule has 0 bridgehead atoms. The second-order valence-electron chi connectivity index (χ2n) is 4.83. The van der Waals surface area contributed by atoms with Crippen molar-refractivity contribution in [1.82, 2.24) is 4.90 Å². The van der Waals surface area contributed by atoms with Gasteiger partial charge in [0.05, 0.1) is 6.07 Å². The van der Waals surface area contributed by atoms with Gasteiger partial charge in [0.1, 0.15) is 5.92 Å². The Labute approximate surface area is 118 Å². The predicted octanol–water partition coefficient (Wildman–Crippen LogP) is 2.33. The number of carbonyl (C=O) groups is 1. The Morgan fingerprint density at radius 3 is 2.89 bits per heavy atom. The summed E-state index contributed by atoms with van der Waals surface area (Å²) in [6.07, 6.45) is 0.506. The Hall–Kier alpha value is -1.47. The number of benzene rings is 1. The summed E-state index contributed by atoms with van der Waals surface area (Å²) in [5.74, 6) is 1.36. The van der Waals surface area contributed by atoms with Crippen LogP contribution in [0.1, 0.15) is 12.5 Å². The smallest absolute Gasteiger partial charge is 0.240 e. The van der Waals surface area contributed by atoms with E-state index < -0.39 is 5.92 Å². The number of thioether (sulfide) groups is 1. The van der Waals surface area contributed by atoms with Gasteiger partial charge in [-0.05, 0) is 18.9 Å². The van der Waals surface area contributed by atoms with Crippen LogP contribution in [0.4, 0.5) is 0 Å². The van der Waals surface area contributed by atoms with Gasteiger partial charge >= 0.3 is 0 Å². The molecule has 1 aliphatic rings. The molecule has 2 rings (SSSR count). The van der Waals surface area contributed by atoms with Crippen molar-refractivity contribution in [3.05, 3.63) is 35.9 Å².